The Labute approximate surface area is 145 Å². The maximum absolute atomic E-state index is 9.94. The summed E-state index contributed by atoms with van der Waals surface area (Å²) < 4.78 is 10.5. The predicted octanol–water partition coefficient (Wildman–Crippen LogP) is 1.72. The van der Waals surface area contributed by atoms with E-state index in [0.29, 0.717) is 6.61 Å². The Kier molecular flexibility index (Phi) is 11.8. The first-order valence-corrected chi connectivity index (χ1v) is 9.54. The molecule has 1 aliphatic rings. The standard InChI is InChI=1S/C18H36O6/c1-2-3-4-5-6-7-8-9-10-11-12-23-17-16(21)15(20)14(13-19)24-18(17)22/h14-22H,2-13H2,1H3/t14-,15-,16+,17-,18?/m1/s1. The maximum atomic E-state index is 9.94. The fourth-order valence-corrected chi connectivity index (χ4v) is 3.06. The van der Waals surface area contributed by atoms with Gasteiger partial charge in [-0.25, -0.2) is 0 Å². The predicted molar refractivity (Wildman–Crippen MR) is 91.6 cm³/mol. The molecular formula is C18H36O6. The lowest BCUT2D eigenvalue weighted by molar-refractivity contribution is -0.296. The zero-order valence-electron chi connectivity index (χ0n) is 15.0. The van der Waals surface area contributed by atoms with E-state index in [0.717, 1.165) is 12.8 Å². The highest BCUT2D eigenvalue weighted by Gasteiger charge is 2.44. The van der Waals surface area contributed by atoms with Gasteiger partial charge in [0.25, 0.3) is 0 Å². The fraction of sp³-hybridized carbons (Fsp3) is 1.00. The van der Waals surface area contributed by atoms with Gasteiger partial charge in [0.15, 0.2) is 6.29 Å². The molecule has 1 aliphatic heterocycles. The molecule has 0 aromatic carbocycles. The van der Waals surface area contributed by atoms with Gasteiger partial charge < -0.3 is 29.9 Å². The number of hydrogen-bond acceptors (Lipinski definition) is 6. The molecule has 6 heteroatoms. The zero-order valence-corrected chi connectivity index (χ0v) is 15.0. The van der Waals surface area contributed by atoms with Gasteiger partial charge in [-0.15, -0.1) is 0 Å². The third-order valence-corrected chi connectivity index (χ3v) is 4.65. The molecule has 0 spiro atoms. The average Bonchev–Trinajstić information content (AvgIpc) is 2.58. The Morgan fingerprint density at radius 3 is 1.88 bits per heavy atom. The van der Waals surface area contributed by atoms with Crippen molar-refractivity contribution in [3.63, 3.8) is 0 Å². The van der Waals surface area contributed by atoms with Crippen LogP contribution in [-0.4, -0.2) is 64.3 Å². The first-order chi connectivity index (χ1) is 11.6. The molecule has 24 heavy (non-hydrogen) atoms. The molecule has 1 rings (SSSR count). The lowest BCUT2D eigenvalue weighted by Gasteiger charge is -2.39. The first-order valence-electron chi connectivity index (χ1n) is 9.54. The van der Waals surface area contributed by atoms with Crippen LogP contribution in [0.5, 0.6) is 0 Å². The van der Waals surface area contributed by atoms with Crippen LogP contribution >= 0.6 is 0 Å². The van der Waals surface area contributed by atoms with Gasteiger partial charge >= 0.3 is 0 Å². The summed E-state index contributed by atoms with van der Waals surface area (Å²) in [7, 11) is 0. The second kappa shape index (κ2) is 13.0. The second-order valence-electron chi connectivity index (χ2n) is 6.75. The van der Waals surface area contributed by atoms with Gasteiger partial charge in [-0.05, 0) is 6.42 Å². The Bertz CT molecular complexity index is 301. The molecule has 0 aromatic heterocycles. The van der Waals surface area contributed by atoms with Crippen LogP contribution in [0, 0.1) is 0 Å². The summed E-state index contributed by atoms with van der Waals surface area (Å²) in [6.07, 6.45) is 6.43. The van der Waals surface area contributed by atoms with Crippen molar-refractivity contribution in [3.05, 3.63) is 0 Å². The van der Waals surface area contributed by atoms with Crippen LogP contribution in [0.4, 0.5) is 0 Å². The Balaban J connectivity index is 2.02. The minimum atomic E-state index is -1.33. The largest absolute Gasteiger partial charge is 0.394 e. The van der Waals surface area contributed by atoms with Crippen molar-refractivity contribution in [2.24, 2.45) is 0 Å². The van der Waals surface area contributed by atoms with Crippen LogP contribution in [0.2, 0.25) is 0 Å². The molecule has 0 radical (unpaired) electrons. The molecule has 0 bridgehead atoms. The minimum absolute atomic E-state index is 0.412. The molecule has 0 aromatic rings. The van der Waals surface area contributed by atoms with E-state index in [9.17, 15) is 15.3 Å². The molecule has 0 saturated carbocycles. The van der Waals surface area contributed by atoms with Gasteiger partial charge in [-0.3, -0.25) is 0 Å². The van der Waals surface area contributed by atoms with Crippen LogP contribution < -0.4 is 0 Å². The molecule has 144 valence electrons. The Morgan fingerprint density at radius 2 is 1.33 bits per heavy atom. The van der Waals surface area contributed by atoms with E-state index in [1.165, 1.54) is 51.4 Å². The Morgan fingerprint density at radius 1 is 0.792 bits per heavy atom. The molecule has 1 unspecified atom stereocenters. The van der Waals surface area contributed by atoms with Gasteiger partial charge in [-0.2, -0.15) is 0 Å². The van der Waals surface area contributed by atoms with E-state index in [-0.39, 0.29) is 0 Å². The van der Waals surface area contributed by atoms with Crippen molar-refractivity contribution < 1.29 is 29.9 Å². The monoisotopic (exact) mass is 348 g/mol. The zero-order chi connectivity index (χ0) is 17.8. The number of hydrogen-bond donors (Lipinski definition) is 4. The van der Waals surface area contributed by atoms with Crippen LogP contribution in [0.1, 0.15) is 71.1 Å². The summed E-state index contributed by atoms with van der Waals surface area (Å²) in [5.41, 5.74) is 0. The number of aliphatic hydroxyl groups is 4. The van der Waals surface area contributed by atoms with E-state index >= 15 is 0 Å². The number of rotatable bonds is 13. The van der Waals surface area contributed by atoms with Crippen molar-refractivity contribution in [3.8, 4) is 0 Å². The van der Waals surface area contributed by atoms with Crippen LogP contribution in [0.15, 0.2) is 0 Å². The van der Waals surface area contributed by atoms with Crippen molar-refractivity contribution in [1.82, 2.24) is 0 Å². The van der Waals surface area contributed by atoms with E-state index < -0.39 is 37.3 Å². The number of ether oxygens (including phenoxy) is 2. The molecule has 5 atom stereocenters. The van der Waals surface area contributed by atoms with Crippen LogP contribution in [-0.2, 0) is 9.47 Å². The molecule has 0 aliphatic carbocycles. The van der Waals surface area contributed by atoms with Gasteiger partial charge in [0.1, 0.15) is 24.4 Å². The number of unbranched alkanes of at least 4 members (excludes halogenated alkanes) is 9. The second-order valence-corrected chi connectivity index (χ2v) is 6.75. The highest BCUT2D eigenvalue weighted by Crippen LogP contribution is 2.22. The maximum Gasteiger partial charge on any atom is 0.184 e. The topological polar surface area (TPSA) is 99.4 Å². The third-order valence-electron chi connectivity index (χ3n) is 4.65. The SMILES string of the molecule is CCCCCCCCCCCCO[C@H]1C(O)O[C@H](CO)[C@@H](O)[C@@H]1O. The van der Waals surface area contributed by atoms with E-state index in [2.05, 4.69) is 6.92 Å². The van der Waals surface area contributed by atoms with Gasteiger partial charge in [0.05, 0.1) is 6.61 Å². The van der Waals surface area contributed by atoms with Crippen LogP contribution in [0.3, 0.4) is 0 Å². The first kappa shape index (κ1) is 21.8. The molecular weight excluding hydrogens is 312 g/mol. The minimum Gasteiger partial charge on any atom is -0.394 e. The number of aliphatic hydroxyl groups excluding tert-OH is 4. The lowest BCUT2D eigenvalue weighted by Crippen LogP contribution is -2.59. The molecule has 4 N–H and O–H groups in total. The average molecular weight is 348 g/mol. The van der Waals surface area contributed by atoms with E-state index in [1.54, 1.807) is 0 Å². The third kappa shape index (κ3) is 7.76. The summed E-state index contributed by atoms with van der Waals surface area (Å²) in [4.78, 5) is 0. The van der Waals surface area contributed by atoms with Gasteiger partial charge in [0, 0.05) is 6.61 Å². The fourth-order valence-electron chi connectivity index (χ4n) is 3.06. The van der Waals surface area contributed by atoms with Crippen LogP contribution in [0.25, 0.3) is 0 Å². The molecule has 1 saturated heterocycles. The van der Waals surface area contributed by atoms with E-state index in [4.69, 9.17) is 14.6 Å². The summed E-state index contributed by atoms with van der Waals surface area (Å²) in [5, 5.41) is 38.5. The van der Waals surface area contributed by atoms with Gasteiger partial charge in [0.2, 0.25) is 0 Å². The highest BCUT2D eigenvalue weighted by molar-refractivity contribution is 4.89. The molecule has 6 nitrogen and oxygen atoms in total. The summed E-state index contributed by atoms with van der Waals surface area (Å²) >= 11 is 0. The van der Waals surface area contributed by atoms with Crippen molar-refractivity contribution in [2.75, 3.05) is 13.2 Å². The summed E-state index contributed by atoms with van der Waals surface area (Å²) in [5.74, 6) is 0. The summed E-state index contributed by atoms with van der Waals surface area (Å²) in [6, 6.07) is 0. The normalized spacial score (nSPS) is 30.6. The Hall–Kier alpha value is -0.240. The van der Waals surface area contributed by atoms with E-state index in [1.807, 2.05) is 0 Å². The van der Waals surface area contributed by atoms with Crippen molar-refractivity contribution >= 4 is 0 Å². The summed E-state index contributed by atoms with van der Waals surface area (Å²) in [6.45, 7) is 2.18. The van der Waals surface area contributed by atoms with Gasteiger partial charge in [-0.1, -0.05) is 64.7 Å². The lowest BCUT2D eigenvalue weighted by atomic mass is 9.99. The van der Waals surface area contributed by atoms with Crippen molar-refractivity contribution in [1.29, 1.82) is 0 Å². The highest BCUT2D eigenvalue weighted by atomic mass is 16.7. The quantitative estimate of drug-likeness (QED) is 0.378. The van der Waals surface area contributed by atoms with Crippen molar-refractivity contribution in [2.45, 2.75) is 102 Å². The smallest absolute Gasteiger partial charge is 0.184 e. The molecule has 1 fully saturated rings. The molecule has 1 heterocycles. The molecule has 0 amide bonds.